The average molecular weight is 284 g/mol. The molecule has 0 aliphatic heterocycles. The highest BCUT2D eigenvalue weighted by Crippen LogP contribution is 2.22. The van der Waals surface area contributed by atoms with E-state index in [4.69, 9.17) is 4.74 Å². The van der Waals surface area contributed by atoms with E-state index in [-0.39, 0.29) is 12.5 Å². The van der Waals surface area contributed by atoms with Crippen LogP contribution in [0.25, 0.3) is 0 Å². The van der Waals surface area contributed by atoms with Crippen LogP contribution >= 0.6 is 0 Å². The first kappa shape index (κ1) is 14.9. The van der Waals surface area contributed by atoms with Gasteiger partial charge in [0.15, 0.2) is 0 Å². The highest BCUT2D eigenvalue weighted by atomic mass is 16.5. The molecular formula is C17H20N2O2. The van der Waals surface area contributed by atoms with Gasteiger partial charge in [0.1, 0.15) is 5.75 Å². The van der Waals surface area contributed by atoms with Crippen LogP contribution in [0.5, 0.6) is 5.75 Å². The third-order valence-corrected chi connectivity index (χ3v) is 3.13. The van der Waals surface area contributed by atoms with Gasteiger partial charge in [-0.05, 0) is 24.1 Å². The number of para-hydroxylation sites is 2. The molecule has 21 heavy (non-hydrogen) atoms. The van der Waals surface area contributed by atoms with Crippen molar-refractivity contribution >= 4 is 11.6 Å². The molecule has 0 aliphatic rings. The van der Waals surface area contributed by atoms with Crippen LogP contribution in [0.3, 0.4) is 0 Å². The van der Waals surface area contributed by atoms with Crippen molar-refractivity contribution in [2.24, 2.45) is 0 Å². The number of hydrogen-bond donors (Lipinski definition) is 2. The summed E-state index contributed by atoms with van der Waals surface area (Å²) in [4.78, 5) is 11.8. The minimum atomic E-state index is -0.0307. The van der Waals surface area contributed by atoms with Crippen molar-refractivity contribution in [3.63, 3.8) is 0 Å². The van der Waals surface area contributed by atoms with Gasteiger partial charge in [-0.3, -0.25) is 4.79 Å². The lowest BCUT2D eigenvalue weighted by Crippen LogP contribution is -2.31. The maximum Gasteiger partial charge on any atom is 0.239 e. The van der Waals surface area contributed by atoms with Crippen LogP contribution in [0.2, 0.25) is 0 Å². The molecule has 0 atom stereocenters. The second-order valence-electron chi connectivity index (χ2n) is 4.64. The minimum absolute atomic E-state index is 0.0307. The zero-order valence-electron chi connectivity index (χ0n) is 12.1. The van der Waals surface area contributed by atoms with Crippen molar-refractivity contribution in [1.29, 1.82) is 0 Å². The smallest absolute Gasteiger partial charge is 0.239 e. The minimum Gasteiger partial charge on any atom is -0.495 e. The maximum absolute atomic E-state index is 11.8. The summed E-state index contributed by atoms with van der Waals surface area (Å²) in [6, 6.07) is 17.6. The van der Waals surface area contributed by atoms with E-state index in [9.17, 15) is 4.79 Å². The molecule has 0 unspecified atom stereocenters. The molecule has 0 fully saturated rings. The number of hydrogen-bond acceptors (Lipinski definition) is 3. The van der Waals surface area contributed by atoms with Gasteiger partial charge in [-0.25, -0.2) is 0 Å². The largest absolute Gasteiger partial charge is 0.495 e. The van der Waals surface area contributed by atoms with E-state index in [1.807, 2.05) is 42.5 Å². The van der Waals surface area contributed by atoms with E-state index < -0.39 is 0 Å². The van der Waals surface area contributed by atoms with Gasteiger partial charge in [0.05, 0.1) is 19.3 Å². The molecule has 0 radical (unpaired) electrons. The predicted octanol–water partition coefficient (Wildman–Crippen LogP) is 2.47. The van der Waals surface area contributed by atoms with E-state index in [2.05, 4.69) is 22.8 Å². The molecule has 0 saturated carbocycles. The molecule has 0 aliphatic carbocycles. The molecule has 2 aromatic carbocycles. The number of ether oxygens (including phenoxy) is 1. The molecule has 0 spiro atoms. The number of methoxy groups -OCH3 is 1. The van der Waals surface area contributed by atoms with E-state index in [0.717, 1.165) is 17.9 Å². The summed E-state index contributed by atoms with van der Waals surface area (Å²) >= 11 is 0. The van der Waals surface area contributed by atoms with Crippen LogP contribution in [0, 0.1) is 0 Å². The van der Waals surface area contributed by atoms with Crippen molar-refractivity contribution in [3.05, 3.63) is 60.2 Å². The summed E-state index contributed by atoms with van der Waals surface area (Å²) in [5.74, 6) is 0.700. The van der Waals surface area contributed by atoms with E-state index in [0.29, 0.717) is 6.54 Å². The molecule has 0 heterocycles. The number of nitrogens with one attached hydrogen (secondary N) is 2. The summed E-state index contributed by atoms with van der Waals surface area (Å²) in [6.07, 6.45) is 0.835. The third-order valence-electron chi connectivity index (χ3n) is 3.13. The third kappa shape index (κ3) is 4.84. The van der Waals surface area contributed by atoms with Gasteiger partial charge in [-0.2, -0.15) is 0 Å². The quantitative estimate of drug-likeness (QED) is 0.821. The fourth-order valence-corrected chi connectivity index (χ4v) is 2.02. The zero-order valence-corrected chi connectivity index (χ0v) is 12.1. The SMILES string of the molecule is COc1ccccc1NCC(=O)NCCc1ccccc1. The van der Waals surface area contributed by atoms with Crippen molar-refractivity contribution < 1.29 is 9.53 Å². The molecule has 0 saturated heterocycles. The predicted molar refractivity (Wildman–Crippen MR) is 84.6 cm³/mol. The van der Waals surface area contributed by atoms with E-state index in [1.165, 1.54) is 5.56 Å². The monoisotopic (exact) mass is 284 g/mol. The van der Waals surface area contributed by atoms with Crippen molar-refractivity contribution in [2.75, 3.05) is 25.5 Å². The lowest BCUT2D eigenvalue weighted by molar-refractivity contribution is -0.119. The summed E-state index contributed by atoms with van der Waals surface area (Å²) in [5.41, 5.74) is 2.04. The number of benzene rings is 2. The lowest BCUT2D eigenvalue weighted by atomic mass is 10.1. The Morgan fingerprint density at radius 3 is 2.52 bits per heavy atom. The Morgan fingerprint density at radius 1 is 1.05 bits per heavy atom. The molecule has 4 heteroatoms. The molecule has 0 aromatic heterocycles. The van der Waals surface area contributed by atoms with Crippen LogP contribution in [0.1, 0.15) is 5.56 Å². The van der Waals surface area contributed by atoms with E-state index >= 15 is 0 Å². The molecule has 4 nitrogen and oxygen atoms in total. The average Bonchev–Trinajstić information content (AvgIpc) is 2.54. The molecular weight excluding hydrogens is 264 g/mol. The van der Waals surface area contributed by atoms with Crippen molar-refractivity contribution in [3.8, 4) is 5.75 Å². The number of carbonyl (C=O) groups excluding carboxylic acids is 1. The second-order valence-corrected chi connectivity index (χ2v) is 4.64. The van der Waals surface area contributed by atoms with Gasteiger partial charge >= 0.3 is 0 Å². The van der Waals surface area contributed by atoms with E-state index in [1.54, 1.807) is 7.11 Å². The van der Waals surface area contributed by atoms with Crippen LogP contribution in [0.15, 0.2) is 54.6 Å². The Morgan fingerprint density at radius 2 is 1.76 bits per heavy atom. The number of amides is 1. The molecule has 2 aromatic rings. The normalized spacial score (nSPS) is 9.95. The number of rotatable bonds is 7. The van der Waals surface area contributed by atoms with Crippen molar-refractivity contribution in [2.45, 2.75) is 6.42 Å². The Balaban J connectivity index is 1.72. The first-order valence-electron chi connectivity index (χ1n) is 6.97. The lowest BCUT2D eigenvalue weighted by Gasteiger charge is -2.11. The maximum atomic E-state index is 11.8. The Hall–Kier alpha value is -2.49. The molecule has 110 valence electrons. The van der Waals surface area contributed by atoms with Gasteiger partial charge in [-0.1, -0.05) is 42.5 Å². The van der Waals surface area contributed by atoms with Gasteiger partial charge < -0.3 is 15.4 Å². The summed E-state index contributed by atoms with van der Waals surface area (Å²) < 4.78 is 5.22. The summed E-state index contributed by atoms with van der Waals surface area (Å²) in [5, 5.41) is 5.97. The van der Waals surface area contributed by atoms with Crippen molar-refractivity contribution in [1.82, 2.24) is 5.32 Å². The van der Waals surface area contributed by atoms with Crippen LogP contribution < -0.4 is 15.4 Å². The molecule has 2 rings (SSSR count). The molecule has 0 bridgehead atoms. The number of anilines is 1. The van der Waals surface area contributed by atoms with Gasteiger partial charge in [0.25, 0.3) is 0 Å². The second kappa shape index (κ2) is 7.94. The van der Waals surface area contributed by atoms with Crippen LogP contribution in [0.4, 0.5) is 5.69 Å². The van der Waals surface area contributed by atoms with Crippen LogP contribution in [-0.2, 0) is 11.2 Å². The first-order valence-corrected chi connectivity index (χ1v) is 6.97. The Labute approximate surface area is 125 Å². The zero-order chi connectivity index (χ0) is 14.9. The fraction of sp³-hybridized carbons (Fsp3) is 0.235. The van der Waals surface area contributed by atoms with Gasteiger partial charge in [0.2, 0.25) is 5.91 Å². The van der Waals surface area contributed by atoms with Gasteiger partial charge in [0, 0.05) is 6.54 Å². The highest BCUT2D eigenvalue weighted by molar-refractivity contribution is 5.81. The Bertz CT molecular complexity index is 570. The summed E-state index contributed by atoms with van der Waals surface area (Å²) in [6.45, 7) is 0.867. The Kier molecular flexibility index (Phi) is 5.64. The fourth-order valence-electron chi connectivity index (χ4n) is 2.02. The highest BCUT2D eigenvalue weighted by Gasteiger charge is 2.04. The standard InChI is InChI=1S/C17H20N2O2/c1-21-16-10-6-5-9-15(16)19-13-17(20)18-12-11-14-7-3-2-4-8-14/h2-10,19H,11-13H2,1H3,(H,18,20). The summed E-state index contributed by atoms with van der Waals surface area (Å²) in [7, 11) is 1.61. The topological polar surface area (TPSA) is 50.4 Å². The first-order chi connectivity index (χ1) is 10.3. The molecule has 2 N–H and O–H groups in total. The van der Waals surface area contributed by atoms with Crippen LogP contribution in [-0.4, -0.2) is 26.1 Å². The number of carbonyl (C=O) groups is 1. The van der Waals surface area contributed by atoms with Gasteiger partial charge in [-0.15, -0.1) is 0 Å². The molecule has 1 amide bonds.